The number of hydrogen-bond donors (Lipinski definition) is 1. The third-order valence-corrected chi connectivity index (χ3v) is 5.42. The maximum atomic E-state index is 12.5. The first kappa shape index (κ1) is 14.0. The monoisotopic (exact) mass is 307 g/mol. The van der Waals surface area contributed by atoms with E-state index >= 15 is 0 Å². The maximum Gasteiger partial charge on any atom is 0.243 e. The molecule has 2 aromatic rings. The van der Waals surface area contributed by atoms with Crippen molar-refractivity contribution in [3.05, 3.63) is 35.9 Å². The van der Waals surface area contributed by atoms with Crippen LogP contribution in [0.5, 0.6) is 0 Å². The quantitative estimate of drug-likeness (QED) is 0.836. The third kappa shape index (κ3) is 2.52. The molecule has 2 N–H and O–H groups in total. The van der Waals surface area contributed by atoms with E-state index < -0.39 is 10.0 Å². The summed E-state index contributed by atoms with van der Waals surface area (Å²) >= 11 is 0. The van der Waals surface area contributed by atoms with Crippen molar-refractivity contribution in [1.82, 2.24) is 19.1 Å². The molecule has 0 saturated carbocycles. The van der Waals surface area contributed by atoms with E-state index in [0.29, 0.717) is 11.5 Å². The summed E-state index contributed by atoms with van der Waals surface area (Å²) < 4.78 is 28.3. The van der Waals surface area contributed by atoms with Gasteiger partial charge in [0.05, 0.1) is 11.4 Å². The molecule has 7 nitrogen and oxygen atoms in total. The molecular weight excluding hydrogens is 290 g/mol. The number of nitrogens with two attached hydrogens (primary N) is 1. The first-order valence-corrected chi connectivity index (χ1v) is 8.15. The molecule has 0 unspecified atom stereocenters. The van der Waals surface area contributed by atoms with Crippen LogP contribution in [0.15, 0.2) is 29.2 Å². The highest BCUT2D eigenvalue weighted by Crippen LogP contribution is 2.20. The average molecular weight is 307 g/mol. The lowest BCUT2D eigenvalue weighted by molar-refractivity contribution is 0.447. The molecule has 0 fully saturated rings. The predicted octanol–water partition coefficient (Wildman–Crippen LogP) is 0.627. The third-order valence-electron chi connectivity index (χ3n) is 3.62. The minimum atomic E-state index is -3.58. The summed E-state index contributed by atoms with van der Waals surface area (Å²) in [4.78, 5) is 0.186. The van der Waals surface area contributed by atoms with Crippen molar-refractivity contribution in [2.45, 2.75) is 30.8 Å². The lowest BCUT2D eigenvalue weighted by Gasteiger charge is -2.17. The second-order valence-electron chi connectivity index (χ2n) is 5.12. The van der Waals surface area contributed by atoms with Crippen LogP contribution >= 0.6 is 0 Å². The zero-order valence-corrected chi connectivity index (χ0v) is 12.5. The van der Waals surface area contributed by atoms with Gasteiger partial charge in [0.1, 0.15) is 11.6 Å². The Morgan fingerprint density at radius 3 is 2.95 bits per heavy atom. The van der Waals surface area contributed by atoms with Gasteiger partial charge in [0.2, 0.25) is 10.0 Å². The van der Waals surface area contributed by atoms with Crippen molar-refractivity contribution < 1.29 is 8.42 Å². The molecule has 3 rings (SSSR count). The number of anilines is 1. The number of aromatic nitrogens is 3. The Hall–Kier alpha value is -1.93. The van der Waals surface area contributed by atoms with Crippen molar-refractivity contribution in [2.24, 2.45) is 0 Å². The van der Waals surface area contributed by atoms with Crippen molar-refractivity contribution in [2.75, 3.05) is 12.8 Å². The molecule has 0 aliphatic carbocycles. The molecule has 1 aromatic carbocycles. The molecule has 8 heteroatoms. The molecule has 1 aliphatic rings. The van der Waals surface area contributed by atoms with E-state index in [1.807, 2.05) is 4.57 Å². The molecular formula is C13H17N5O2S. The van der Waals surface area contributed by atoms with Crippen molar-refractivity contribution in [1.29, 1.82) is 0 Å². The predicted molar refractivity (Wildman–Crippen MR) is 77.9 cm³/mol. The Balaban J connectivity index is 1.85. The van der Waals surface area contributed by atoms with Crippen LogP contribution in [0.4, 0.5) is 5.69 Å². The molecule has 112 valence electrons. The highest BCUT2D eigenvalue weighted by molar-refractivity contribution is 7.89. The van der Waals surface area contributed by atoms with Gasteiger partial charge in [-0.15, -0.1) is 10.2 Å². The van der Waals surface area contributed by atoms with Crippen LogP contribution in [-0.2, 0) is 29.5 Å². The van der Waals surface area contributed by atoms with E-state index in [2.05, 4.69) is 10.2 Å². The van der Waals surface area contributed by atoms with Gasteiger partial charge in [0, 0.05) is 25.7 Å². The zero-order valence-electron chi connectivity index (χ0n) is 11.7. The molecule has 0 bridgehead atoms. The summed E-state index contributed by atoms with van der Waals surface area (Å²) in [6.07, 6.45) is 1.93. The SMILES string of the molecule is CN(Cc1nnc2n1CCC2)S(=O)(=O)c1cccc(N)c1. The fourth-order valence-electron chi connectivity index (χ4n) is 2.47. The minimum Gasteiger partial charge on any atom is -0.399 e. The van der Waals surface area contributed by atoms with Crippen molar-refractivity contribution >= 4 is 15.7 Å². The first-order chi connectivity index (χ1) is 9.98. The van der Waals surface area contributed by atoms with Gasteiger partial charge in [-0.1, -0.05) is 6.07 Å². The molecule has 0 spiro atoms. The standard InChI is InChI=1S/C13H17N5O2S/c1-17(9-13-16-15-12-6-3-7-18(12)13)21(19,20)11-5-2-4-10(14)8-11/h2,4-5,8H,3,6-7,9,14H2,1H3. The molecule has 0 atom stereocenters. The van der Waals surface area contributed by atoms with Gasteiger partial charge in [0.25, 0.3) is 0 Å². The summed E-state index contributed by atoms with van der Waals surface area (Å²) in [5.74, 6) is 1.61. The molecule has 1 aliphatic heterocycles. The topological polar surface area (TPSA) is 94.1 Å². The van der Waals surface area contributed by atoms with E-state index in [4.69, 9.17) is 5.73 Å². The van der Waals surface area contributed by atoms with Crippen LogP contribution in [0.2, 0.25) is 0 Å². The number of nitrogen functional groups attached to an aromatic ring is 1. The fourth-order valence-corrected chi connectivity index (χ4v) is 3.65. The molecule has 0 amide bonds. The summed E-state index contributed by atoms with van der Waals surface area (Å²) in [5, 5.41) is 8.17. The molecule has 0 saturated heterocycles. The van der Waals surface area contributed by atoms with E-state index in [0.717, 1.165) is 25.2 Å². The van der Waals surface area contributed by atoms with Crippen molar-refractivity contribution in [3.63, 3.8) is 0 Å². The lowest BCUT2D eigenvalue weighted by Crippen LogP contribution is -2.28. The smallest absolute Gasteiger partial charge is 0.243 e. The number of benzene rings is 1. The van der Waals surface area contributed by atoms with Gasteiger partial charge in [-0.2, -0.15) is 4.31 Å². The number of fused-ring (bicyclic) bond motifs is 1. The number of sulfonamides is 1. The highest BCUT2D eigenvalue weighted by Gasteiger charge is 2.25. The first-order valence-electron chi connectivity index (χ1n) is 6.71. The van der Waals surface area contributed by atoms with Crippen LogP contribution in [0.3, 0.4) is 0 Å². The summed E-state index contributed by atoms with van der Waals surface area (Å²) in [7, 11) is -2.05. The van der Waals surface area contributed by atoms with Gasteiger partial charge in [0.15, 0.2) is 0 Å². The fraction of sp³-hybridized carbons (Fsp3) is 0.385. The van der Waals surface area contributed by atoms with Crippen LogP contribution in [-0.4, -0.2) is 34.5 Å². The highest BCUT2D eigenvalue weighted by atomic mass is 32.2. The largest absolute Gasteiger partial charge is 0.399 e. The Morgan fingerprint density at radius 2 is 2.19 bits per heavy atom. The van der Waals surface area contributed by atoms with Gasteiger partial charge in [-0.05, 0) is 24.6 Å². The normalized spacial score (nSPS) is 14.6. The Morgan fingerprint density at radius 1 is 1.38 bits per heavy atom. The second kappa shape index (κ2) is 5.12. The van der Waals surface area contributed by atoms with Crippen LogP contribution in [0.1, 0.15) is 18.1 Å². The Kier molecular flexibility index (Phi) is 3.42. The summed E-state index contributed by atoms with van der Waals surface area (Å²) in [5.41, 5.74) is 6.08. The second-order valence-corrected chi connectivity index (χ2v) is 7.17. The van der Waals surface area contributed by atoms with E-state index in [1.54, 1.807) is 12.1 Å². The van der Waals surface area contributed by atoms with E-state index in [9.17, 15) is 8.42 Å². The zero-order chi connectivity index (χ0) is 15.0. The maximum absolute atomic E-state index is 12.5. The van der Waals surface area contributed by atoms with Gasteiger partial charge < -0.3 is 10.3 Å². The molecule has 1 aromatic heterocycles. The Bertz CT molecular complexity index is 769. The van der Waals surface area contributed by atoms with E-state index in [-0.39, 0.29) is 11.4 Å². The Labute approximate surface area is 123 Å². The number of rotatable bonds is 4. The lowest BCUT2D eigenvalue weighted by atomic mass is 10.3. The van der Waals surface area contributed by atoms with Gasteiger partial charge in [-0.25, -0.2) is 8.42 Å². The van der Waals surface area contributed by atoms with Gasteiger partial charge in [-0.3, -0.25) is 0 Å². The summed E-state index contributed by atoms with van der Waals surface area (Å²) in [6.45, 7) is 1.05. The van der Waals surface area contributed by atoms with E-state index in [1.165, 1.54) is 23.5 Å². The number of nitrogens with zero attached hydrogens (tertiary/aromatic N) is 4. The average Bonchev–Trinajstić information content (AvgIpc) is 3.03. The van der Waals surface area contributed by atoms with Crippen LogP contribution in [0, 0.1) is 0 Å². The van der Waals surface area contributed by atoms with Crippen LogP contribution < -0.4 is 5.73 Å². The molecule has 0 radical (unpaired) electrons. The summed E-state index contributed by atoms with van der Waals surface area (Å²) in [6, 6.07) is 6.28. The molecule has 2 heterocycles. The minimum absolute atomic E-state index is 0.186. The number of aryl methyl sites for hydroxylation is 1. The number of hydrogen-bond acceptors (Lipinski definition) is 5. The van der Waals surface area contributed by atoms with Gasteiger partial charge >= 0.3 is 0 Å². The van der Waals surface area contributed by atoms with Crippen LogP contribution in [0.25, 0.3) is 0 Å². The molecule has 21 heavy (non-hydrogen) atoms. The van der Waals surface area contributed by atoms with Crippen molar-refractivity contribution in [3.8, 4) is 0 Å².